The summed E-state index contributed by atoms with van der Waals surface area (Å²) in [5, 5.41) is 13.3. The third-order valence-corrected chi connectivity index (χ3v) is 6.97. The number of furan rings is 1. The molecule has 9 heteroatoms. The minimum Gasteiger partial charge on any atom is -0.467 e. The molecule has 2 heterocycles. The fourth-order valence-electron chi connectivity index (χ4n) is 3.64. The number of benzene rings is 2. The number of anilines is 1. The number of nitrogens with one attached hydrogen (secondary N) is 1. The van der Waals surface area contributed by atoms with E-state index in [1.807, 2.05) is 6.07 Å². The van der Waals surface area contributed by atoms with E-state index in [-0.39, 0.29) is 34.0 Å². The van der Waals surface area contributed by atoms with Gasteiger partial charge in [0.25, 0.3) is 11.5 Å². The summed E-state index contributed by atoms with van der Waals surface area (Å²) in [6.07, 6.45) is 3.17. The van der Waals surface area contributed by atoms with Crippen molar-refractivity contribution in [3.63, 3.8) is 0 Å². The standard InChI is InChI=1S/C29H24ClN3O4S/c1-29(2,3)25(34)23(16-31)28-33(17-22-8-5-13-37-22)27(36)24(38-28)15-18-6-4-7-21(14-18)32-26(35)19-9-11-20(30)12-10-19/h4-15H,17H2,1-3H3,(H,32,35). The second-order valence-electron chi connectivity index (χ2n) is 9.54. The zero-order chi connectivity index (χ0) is 27.4. The van der Waals surface area contributed by atoms with Gasteiger partial charge in [0.15, 0.2) is 5.78 Å². The molecule has 192 valence electrons. The molecule has 0 spiro atoms. The Kier molecular flexibility index (Phi) is 7.81. The highest BCUT2D eigenvalue weighted by molar-refractivity contribution is 7.07. The minimum atomic E-state index is -0.804. The third kappa shape index (κ3) is 6.02. The zero-order valence-corrected chi connectivity index (χ0v) is 22.5. The highest BCUT2D eigenvalue weighted by Crippen LogP contribution is 2.20. The van der Waals surface area contributed by atoms with Crippen LogP contribution in [0.3, 0.4) is 0 Å². The molecule has 1 amide bonds. The first-order valence-corrected chi connectivity index (χ1v) is 12.9. The van der Waals surface area contributed by atoms with Crippen LogP contribution in [0.1, 0.15) is 42.5 Å². The maximum atomic E-state index is 13.5. The van der Waals surface area contributed by atoms with Crippen LogP contribution in [0, 0.1) is 16.7 Å². The average Bonchev–Trinajstić information content (AvgIpc) is 3.49. The van der Waals surface area contributed by atoms with Gasteiger partial charge in [-0.25, -0.2) is 0 Å². The number of ketones is 1. The molecule has 1 N–H and O–H groups in total. The molecule has 2 aromatic carbocycles. The smallest absolute Gasteiger partial charge is 0.269 e. The number of rotatable bonds is 6. The number of thiazole rings is 1. The van der Waals surface area contributed by atoms with E-state index in [9.17, 15) is 19.6 Å². The van der Waals surface area contributed by atoms with Gasteiger partial charge in [0.1, 0.15) is 22.1 Å². The summed E-state index contributed by atoms with van der Waals surface area (Å²) in [5.74, 6) is -0.134. The fraction of sp³-hybridized carbons (Fsp3) is 0.172. The van der Waals surface area contributed by atoms with Crippen molar-refractivity contribution in [2.45, 2.75) is 27.3 Å². The van der Waals surface area contributed by atoms with E-state index >= 15 is 0 Å². The molecule has 0 saturated carbocycles. The van der Waals surface area contributed by atoms with Gasteiger partial charge in [-0.1, -0.05) is 44.5 Å². The summed E-state index contributed by atoms with van der Waals surface area (Å²) >= 11 is 6.97. The van der Waals surface area contributed by atoms with Crippen LogP contribution in [0.4, 0.5) is 5.69 Å². The predicted octanol–water partition coefficient (Wildman–Crippen LogP) is 4.58. The lowest BCUT2D eigenvalue weighted by Crippen LogP contribution is -2.34. The molecule has 0 unspecified atom stereocenters. The van der Waals surface area contributed by atoms with Crippen molar-refractivity contribution in [1.29, 1.82) is 5.26 Å². The van der Waals surface area contributed by atoms with Crippen molar-refractivity contribution in [3.8, 4) is 6.07 Å². The molecule has 0 atom stereocenters. The third-order valence-electron chi connectivity index (χ3n) is 5.58. The van der Waals surface area contributed by atoms with Gasteiger partial charge in [0.05, 0.1) is 17.3 Å². The molecule has 0 fully saturated rings. The van der Waals surface area contributed by atoms with Gasteiger partial charge in [-0.15, -0.1) is 11.3 Å². The van der Waals surface area contributed by atoms with E-state index < -0.39 is 5.41 Å². The summed E-state index contributed by atoms with van der Waals surface area (Å²) in [4.78, 5) is 39.1. The lowest BCUT2D eigenvalue weighted by molar-refractivity contribution is -0.120. The normalized spacial score (nSPS) is 12.7. The molecule has 38 heavy (non-hydrogen) atoms. The van der Waals surface area contributed by atoms with Crippen molar-refractivity contribution >= 4 is 52.0 Å². The van der Waals surface area contributed by atoms with Crippen LogP contribution in [0.2, 0.25) is 5.02 Å². The van der Waals surface area contributed by atoms with E-state index in [0.717, 1.165) is 11.3 Å². The highest BCUT2D eigenvalue weighted by atomic mass is 35.5. The molecule has 2 aromatic heterocycles. The van der Waals surface area contributed by atoms with E-state index in [2.05, 4.69) is 5.32 Å². The zero-order valence-electron chi connectivity index (χ0n) is 20.9. The Morgan fingerprint density at radius 1 is 1.13 bits per heavy atom. The molecule has 0 saturated heterocycles. The fourth-order valence-corrected chi connectivity index (χ4v) is 4.87. The second kappa shape index (κ2) is 11.1. The molecule has 0 aliphatic carbocycles. The Balaban J connectivity index is 1.79. The lowest BCUT2D eigenvalue weighted by Gasteiger charge is -2.15. The van der Waals surface area contributed by atoms with Gasteiger partial charge in [-0.3, -0.25) is 19.0 Å². The van der Waals surface area contributed by atoms with Crippen molar-refractivity contribution in [2.75, 3.05) is 5.32 Å². The first-order valence-electron chi connectivity index (χ1n) is 11.7. The van der Waals surface area contributed by atoms with Crippen LogP contribution in [0.25, 0.3) is 11.6 Å². The topological polar surface area (TPSA) is 105 Å². The molecular formula is C29H24ClN3O4S. The molecule has 0 bridgehead atoms. The summed E-state index contributed by atoms with van der Waals surface area (Å²) in [6, 6.07) is 19.0. The number of Topliss-reactive ketones (excluding diaryl/α,β-unsaturated/α-hetero) is 1. The van der Waals surface area contributed by atoms with E-state index in [0.29, 0.717) is 32.1 Å². The van der Waals surface area contributed by atoms with Crippen LogP contribution in [0.5, 0.6) is 0 Å². The Morgan fingerprint density at radius 2 is 1.87 bits per heavy atom. The van der Waals surface area contributed by atoms with Crippen LogP contribution >= 0.6 is 22.9 Å². The summed E-state index contributed by atoms with van der Waals surface area (Å²) < 4.78 is 7.42. The molecule has 4 aromatic rings. The van der Waals surface area contributed by atoms with Crippen LogP contribution in [-0.2, 0) is 11.3 Å². The number of nitriles is 1. The monoisotopic (exact) mass is 545 g/mol. The van der Waals surface area contributed by atoms with Gasteiger partial charge in [0.2, 0.25) is 0 Å². The number of carbonyl (C=O) groups excluding carboxylic acids is 2. The number of hydrogen-bond donors (Lipinski definition) is 1. The Morgan fingerprint density at radius 3 is 2.50 bits per heavy atom. The van der Waals surface area contributed by atoms with Gasteiger partial charge < -0.3 is 9.73 Å². The molecule has 0 aliphatic rings. The highest BCUT2D eigenvalue weighted by Gasteiger charge is 2.27. The van der Waals surface area contributed by atoms with Gasteiger partial charge in [-0.2, -0.15) is 5.26 Å². The summed E-state index contributed by atoms with van der Waals surface area (Å²) in [5.41, 5.74) is 0.422. The average molecular weight is 546 g/mol. The van der Waals surface area contributed by atoms with E-state index in [1.165, 1.54) is 10.8 Å². The van der Waals surface area contributed by atoms with Crippen LogP contribution in [0.15, 0.2) is 76.1 Å². The van der Waals surface area contributed by atoms with Crippen molar-refractivity contribution < 1.29 is 14.0 Å². The van der Waals surface area contributed by atoms with Gasteiger partial charge in [-0.05, 0) is 60.2 Å². The summed E-state index contributed by atoms with van der Waals surface area (Å²) in [6.45, 7) is 5.26. The number of amides is 1. The van der Waals surface area contributed by atoms with Gasteiger partial charge in [0, 0.05) is 21.7 Å². The van der Waals surface area contributed by atoms with Crippen molar-refractivity contribution in [3.05, 3.63) is 108 Å². The van der Waals surface area contributed by atoms with Crippen molar-refractivity contribution in [2.24, 2.45) is 5.41 Å². The maximum absolute atomic E-state index is 13.5. The maximum Gasteiger partial charge on any atom is 0.269 e. The van der Waals surface area contributed by atoms with E-state index in [4.69, 9.17) is 16.0 Å². The first-order chi connectivity index (χ1) is 18.1. The largest absolute Gasteiger partial charge is 0.467 e. The number of nitrogens with zero attached hydrogens (tertiary/aromatic N) is 2. The number of halogens is 1. The van der Waals surface area contributed by atoms with Crippen LogP contribution < -0.4 is 20.1 Å². The molecular weight excluding hydrogens is 522 g/mol. The lowest BCUT2D eigenvalue weighted by atomic mass is 9.87. The Bertz CT molecular complexity index is 1720. The number of carbonyl (C=O) groups is 2. The number of aromatic nitrogens is 1. The number of hydrogen-bond acceptors (Lipinski definition) is 6. The van der Waals surface area contributed by atoms with Crippen LogP contribution in [-0.4, -0.2) is 16.3 Å². The molecule has 0 radical (unpaired) electrons. The second-order valence-corrected chi connectivity index (χ2v) is 11.0. The SMILES string of the molecule is CC(C)(C)C(=O)C(C#N)=c1sc(=Cc2cccc(NC(=O)c3ccc(Cl)cc3)c2)c(=O)n1Cc1ccco1. The minimum absolute atomic E-state index is 0.0743. The van der Waals surface area contributed by atoms with E-state index in [1.54, 1.807) is 87.5 Å². The molecule has 7 nitrogen and oxygen atoms in total. The van der Waals surface area contributed by atoms with Gasteiger partial charge >= 0.3 is 0 Å². The van der Waals surface area contributed by atoms with Crippen molar-refractivity contribution in [1.82, 2.24) is 4.57 Å². The quantitative estimate of drug-likeness (QED) is 0.382. The summed E-state index contributed by atoms with van der Waals surface area (Å²) in [7, 11) is 0. The predicted molar refractivity (Wildman–Crippen MR) is 149 cm³/mol. The Labute approximate surface area is 227 Å². The Hall–Kier alpha value is -4.19. The first kappa shape index (κ1) is 26.9. The molecule has 0 aliphatic heterocycles. The molecule has 4 rings (SSSR count).